The molecule has 5 nitrogen and oxygen atoms in total. The van der Waals surface area contributed by atoms with Crippen molar-refractivity contribution in [3.63, 3.8) is 0 Å². The molecule has 0 spiro atoms. The van der Waals surface area contributed by atoms with Crippen molar-refractivity contribution in [2.45, 2.75) is 31.2 Å². The Bertz CT molecular complexity index is 646. The second kappa shape index (κ2) is 5.52. The van der Waals surface area contributed by atoms with Gasteiger partial charge in [-0.15, -0.1) is 0 Å². The zero-order valence-corrected chi connectivity index (χ0v) is 11.8. The summed E-state index contributed by atoms with van der Waals surface area (Å²) in [5.74, 6) is -4.06. The minimum atomic E-state index is -4.52. The van der Waals surface area contributed by atoms with E-state index in [1.54, 1.807) is 0 Å². The first-order chi connectivity index (χ1) is 10.8. The number of fused-ring (bicyclic) bond motifs is 2. The molecule has 1 N–H and O–H groups in total. The Balaban J connectivity index is 1.78. The van der Waals surface area contributed by atoms with Crippen molar-refractivity contribution in [2.24, 2.45) is 11.8 Å². The lowest BCUT2D eigenvalue weighted by Crippen LogP contribution is -2.46. The molecule has 0 unspecified atom stereocenters. The number of carboxylic acid groups (broad SMARTS) is 1. The third kappa shape index (κ3) is 2.90. The van der Waals surface area contributed by atoms with Crippen molar-refractivity contribution in [1.29, 1.82) is 0 Å². The maximum atomic E-state index is 12.7. The van der Waals surface area contributed by atoms with Gasteiger partial charge < -0.3 is 20.0 Å². The Morgan fingerprint density at radius 2 is 1.83 bits per heavy atom. The fraction of sp³-hybridized carbons (Fsp3) is 0.467. The van der Waals surface area contributed by atoms with E-state index in [2.05, 4.69) is 5.32 Å². The van der Waals surface area contributed by atoms with E-state index in [1.807, 2.05) is 0 Å². The molecule has 124 valence electrons. The van der Waals surface area contributed by atoms with Crippen molar-refractivity contribution in [3.8, 4) is 0 Å². The lowest BCUT2D eigenvalue weighted by atomic mass is 9.78. The lowest BCUT2D eigenvalue weighted by Gasteiger charge is -2.27. The van der Waals surface area contributed by atoms with Gasteiger partial charge in [-0.05, 0) is 31.0 Å². The number of benzene rings is 1. The maximum Gasteiger partial charge on any atom is 0.416 e. The largest absolute Gasteiger partial charge is 0.550 e. The molecular weight excluding hydrogens is 315 g/mol. The van der Waals surface area contributed by atoms with Gasteiger partial charge in [0.15, 0.2) is 0 Å². The van der Waals surface area contributed by atoms with E-state index in [0.29, 0.717) is 12.8 Å². The second-order valence-corrected chi connectivity index (χ2v) is 5.73. The van der Waals surface area contributed by atoms with Crippen molar-refractivity contribution in [2.75, 3.05) is 5.32 Å². The average Bonchev–Trinajstić information content (AvgIpc) is 3.07. The van der Waals surface area contributed by atoms with Gasteiger partial charge in [0.05, 0.1) is 23.7 Å². The highest BCUT2D eigenvalue weighted by atomic mass is 19.4. The number of hydrogen-bond acceptors (Lipinski definition) is 4. The smallest absolute Gasteiger partial charge is 0.416 e. The van der Waals surface area contributed by atoms with Gasteiger partial charge in [-0.2, -0.15) is 13.2 Å². The van der Waals surface area contributed by atoms with Gasteiger partial charge in [0, 0.05) is 17.6 Å². The van der Waals surface area contributed by atoms with Crippen LogP contribution >= 0.6 is 0 Å². The summed E-state index contributed by atoms with van der Waals surface area (Å²) in [7, 11) is 0. The number of ether oxygens (including phenoxy) is 1. The number of halogens is 3. The van der Waals surface area contributed by atoms with Gasteiger partial charge in [0.1, 0.15) is 0 Å². The quantitative estimate of drug-likeness (QED) is 0.904. The Morgan fingerprint density at radius 1 is 1.17 bits per heavy atom. The number of hydrogen-bond donors (Lipinski definition) is 1. The number of anilines is 1. The summed E-state index contributed by atoms with van der Waals surface area (Å²) in [4.78, 5) is 23.5. The van der Waals surface area contributed by atoms with Crippen LogP contribution in [0.5, 0.6) is 0 Å². The molecule has 0 aromatic heterocycles. The summed E-state index contributed by atoms with van der Waals surface area (Å²) in [6.45, 7) is 0. The van der Waals surface area contributed by atoms with Crippen molar-refractivity contribution >= 4 is 17.6 Å². The number of nitrogens with one attached hydrogen (secondary N) is 1. The van der Waals surface area contributed by atoms with Crippen LogP contribution in [0.1, 0.15) is 18.4 Å². The number of carboxylic acids is 1. The molecule has 2 fully saturated rings. The number of alkyl halides is 3. The summed E-state index contributed by atoms with van der Waals surface area (Å²) in [5, 5.41) is 13.6. The molecule has 4 atom stereocenters. The van der Waals surface area contributed by atoms with Gasteiger partial charge in [0.25, 0.3) is 0 Å². The topological polar surface area (TPSA) is 78.5 Å². The fourth-order valence-electron chi connectivity index (χ4n) is 3.31. The van der Waals surface area contributed by atoms with E-state index in [9.17, 15) is 27.9 Å². The molecule has 0 aliphatic carbocycles. The Labute approximate surface area is 129 Å². The SMILES string of the molecule is O=C([O-])[C@@H]1[C@@H](C(=O)Nc2cccc(C(F)(F)F)c2)[C@H]2CC[C@@H]1O2. The lowest BCUT2D eigenvalue weighted by molar-refractivity contribution is -0.313. The summed E-state index contributed by atoms with van der Waals surface area (Å²) in [5.41, 5.74) is -0.930. The first-order valence-corrected chi connectivity index (χ1v) is 7.12. The monoisotopic (exact) mass is 328 g/mol. The molecule has 1 aromatic rings. The van der Waals surface area contributed by atoms with E-state index >= 15 is 0 Å². The van der Waals surface area contributed by atoms with Crippen LogP contribution in [0.15, 0.2) is 24.3 Å². The van der Waals surface area contributed by atoms with Crippen LogP contribution < -0.4 is 10.4 Å². The molecular formula is C15H13F3NO4-. The third-order valence-electron chi connectivity index (χ3n) is 4.31. The van der Waals surface area contributed by atoms with Crippen molar-refractivity contribution < 1.29 is 32.6 Å². The zero-order valence-electron chi connectivity index (χ0n) is 11.8. The number of carbonyl (C=O) groups excluding carboxylic acids is 2. The minimum absolute atomic E-state index is 0.0373. The van der Waals surface area contributed by atoms with Crippen LogP contribution in [0.2, 0.25) is 0 Å². The molecule has 2 aliphatic heterocycles. The molecule has 2 saturated heterocycles. The number of aliphatic carboxylic acids is 1. The Morgan fingerprint density at radius 3 is 2.43 bits per heavy atom. The van der Waals surface area contributed by atoms with Crippen LogP contribution in [-0.2, 0) is 20.5 Å². The molecule has 1 aromatic carbocycles. The molecule has 2 bridgehead atoms. The van der Waals surface area contributed by atoms with Crippen molar-refractivity contribution in [1.82, 2.24) is 0 Å². The molecule has 0 saturated carbocycles. The van der Waals surface area contributed by atoms with Gasteiger partial charge in [-0.25, -0.2) is 0 Å². The van der Waals surface area contributed by atoms with E-state index in [4.69, 9.17) is 4.74 Å². The summed E-state index contributed by atoms with van der Waals surface area (Å²) in [6.07, 6.45) is -4.54. The molecule has 23 heavy (non-hydrogen) atoms. The first kappa shape index (κ1) is 15.8. The number of rotatable bonds is 3. The standard InChI is InChI=1S/C15H14F3NO4/c16-15(17,18)7-2-1-3-8(6-7)19-13(20)11-9-4-5-10(23-9)12(11)14(21)22/h1-3,6,9-12H,4-5H2,(H,19,20)(H,21,22)/p-1/t9-,10+,11+,12+/m1/s1. The van der Waals surface area contributed by atoms with E-state index in [-0.39, 0.29) is 5.69 Å². The molecule has 1 amide bonds. The highest BCUT2D eigenvalue weighted by Gasteiger charge is 2.52. The normalized spacial score (nSPS) is 29.5. The van der Waals surface area contributed by atoms with Crippen LogP contribution in [0.25, 0.3) is 0 Å². The molecule has 0 radical (unpaired) electrons. The minimum Gasteiger partial charge on any atom is -0.550 e. The summed E-state index contributed by atoms with van der Waals surface area (Å²) in [6, 6.07) is 4.18. The van der Waals surface area contributed by atoms with E-state index in [1.165, 1.54) is 12.1 Å². The predicted octanol–water partition coefficient (Wildman–Crippen LogP) is 1.19. The van der Waals surface area contributed by atoms with Crippen LogP contribution in [0, 0.1) is 11.8 Å². The molecule has 3 rings (SSSR count). The third-order valence-corrected chi connectivity index (χ3v) is 4.31. The highest BCUT2D eigenvalue weighted by molar-refractivity contribution is 5.96. The number of carbonyl (C=O) groups is 2. The number of amides is 1. The molecule has 2 heterocycles. The molecule has 2 aliphatic rings. The van der Waals surface area contributed by atoms with E-state index < -0.39 is 47.7 Å². The van der Waals surface area contributed by atoms with Gasteiger partial charge in [-0.1, -0.05) is 6.07 Å². The van der Waals surface area contributed by atoms with Gasteiger partial charge >= 0.3 is 6.18 Å². The Kier molecular flexibility index (Phi) is 3.79. The molecule has 8 heteroatoms. The predicted molar refractivity (Wildman–Crippen MR) is 70.0 cm³/mol. The maximum absolute atomic E-state index is 12.7. The van der Waals surface area contributed by atoms with Gasteiger partial charge in [-0.3, -0.25) is 4.79 Å². The zero-order chi connectivity index (χ0) is 16.8. The summed E-state index contributed by atoms with van der Waals surface area (Å²) < 4.78 is 43.5. The van der Waals surface area contributed by atoms with Crippen LogP contribution in [0.3, 0.4) is 0 Å². The van der Waals surface area contributed by atoms with E-state index in [0.717, 1.165) is 12.1 Å². The Hall–Kier alpha value is -2.09. The first-order valence-electron chi connectivity index (χ1n) is 7.12. The fourth-order valence-corrected chi connectivity index (χ4v) is 3.31. The van der Waals surface area contributed by atoms with Crippen LogP contribution in [0.4, 0.5) is 18.9 Å². The summed E-state index contributed by atoms with van der Waals surface area (Å²) >= 11 is 0. The van der Waals surface area contributed by atoms with Crippen molar-refractivity contribution in [3.05, 3.63) is 29.8 Å². The van der Waals surface area contributed by atoms with Crippen LogP contribution in [-0.4, -0.2) is 24.1 Å². The second-order valence-electron chi connectivity index (χ2n) is 5.73. The average molecular weight is 328 g/mol. The van der Waals surface area contributed by atoms with Gasteiger partial charge in [0.2, 0.25) is 5.91 Å². The highest BCUT2D eigenvalue weighted by Crippen LogP contribution is 2.43.